The molecule has 6 heteroatoms. The fourth-order valence-corrected chi connectivity index (χ4v) is 2.65. The summed E-state index contributed by atoms with van der Waals surface area (Å²) in [6, 6.07) is -0.260. The van der Waals surface area contributed by atoms with Gasteiger partial charge in [0, 0.05) is 19.6 Å². The van der Waals surface area contributed by atoms with Crippen LogP contribution in [0.25, 0.3) is 0 Å². The van der Waals surface area contributed by atoms with Crippen LogP contribution in [-0.4, -0.2) is 73.6 Å². The van der Waals surface area contributed by atoms with Gasteiger partial charge in [0.25, 0.3) is 0 Å². The molecule has 2 fully saturated rings. The van der Waals surface area contributed by atoms with Crippen molar-refractivity contribution in [3.63, 3.8) is 0 Å². The van der Waals surface area contributed by atoms with Gasteiger partial charge in [-0.25, -0.2) is 0 Å². The number of nitrogens with one attached hydrogen (secondary N) is 1. The number of rotatable bonds is 4. The molecule has 2 rings (SSSR count). The lowest BCUT2D eigenvalue weighted by Gasteiger charge is -2.32. The number of hydrogen-bond acceptors (Lipinski definition) is 4. The zero-order valence-electron chi connectivity index (χ0n) is 11.6. The second-order valence-electron chi connectivity index (χ2n) is 4.96. The molecule has 0 aromatic heterocycles. The van der Waals surface area contributed by atoms with Gasteiger partial charge in [0.1, 0.15) is 6.04 Å². The molecule has 2 heterocycles. The molecule has 6 nitrogen and oxygen atoms in total. The molecule has 2 amide bonds. The van der Waals surface area contributed by atoms with E-state index in [2.05, 4.69) is 5.32 Å². The van der Waals surface area contributed by atoms with E-state index >= 15 is 0 Å². The Kier molecular flexibility index (Phi) is 5.15. The number of ether oxygens (including phenoxy) is 1. The van der Waals surface area contributed by atoms with Gasteiger partial charge in [-0.15, -0.1) is 0 Å². The van der Waals surface area contributed by atoms with Crippen LogP contribution in [0.1, 0.15) is 19.8 Å². The standard InChI is InChI=1S/C13H23N3O3/c1-2-14-10-12(17)16-5-3-4-11(16)13(18)15-6-8-19-9-7-15/h11,14H,2-10H2,1H3. The van der Waals surface area contributed by atoms with Crippen molar-refractivity contribution in [2.24, 2.45) is 0 Å². The Bertz CT molecular complexity index is 329. The van der Waals surface area contributed by atoms with Crippen LogP contribution in [0.5, 0.6) is 0 Å². The largest absolute Gasteiger partial charge is 0.378 e. The molecule has 0 radical (unpaired) electrons. The van der Waals surface area contributed by atoms with Gasteiger partial charge in [-0.1, -0.05) is 6.92 Å². The van der Waals surface area contributed by atoms with Gasteiger partial charge in [-0.3, -0.25) is 9.59 Å². The van der Waals surface area contributed by atoms with Crippen molar-refractivity contribution in [3.8, 4) is 0 Å². The third-order valence-electron chi connectivity index (χ3n) is 3.71. The average molecular weight is 269 g/mol. The van der Waals surface area contributed by atoms with Crippen LogP contribution in [0.4, 0.5) is 0 Å². The molecule has 0 bridgehead atoms. The van der Waals surface area contributed by atoms with Crippen molar-refractivity contribution in [2.45, 2.75) is 25.8 Å². The molecule has 108 valence electrons. The molecule has 1 N–H and O–H groups in total. The van der Waals surface area contributed by atoms with Crippen molar-refractivity contribution in [1.29, 1.82) is 0 Å². The maximum Gasteiger partial charge on any atom is 0.245 e. The summed E-state index contributed by atoms with van der Waals surface area (Å²) < 4.78 is 5.26. The van der Waals surface area contributed by atoms with Crippen molar-refractivity contribution in [1.82, 2.24) is 15.1 Å². The van der Waals surface area contributed by atoms with E-state index < -0.39 is 0 Å². The van der Waals surface area contributed by atoms with Crippen LogP contribution in [0.2, 0.25) is 0 Å². The van der Waals surface area contributed by atoms with Crippen LogP contribution >= 0.6 is 0 Å². The number of likely N-dealkylation sites (tertiary alicyclic amines) is 1. The molecule has 0 aliphatic carbocycles. The summed E-state index contributed by atoms with van der Waals surface area (Å²) in [4.78, 5) is 28.1. The summed E-state index contributed by atoms with van der Waals surface area (Å²) in [7, 11) is 0. The Balaban J connectivity index is 1.93. The molecule has 2 aliphatic heterocycles. The molecule has 0 spiro atoms. The summed E-state index contributed by atoms with van der Waals surface area (Å²) in [5.41, 5.74) is 0. The van der Waals surface area contributed by atoms with Crippen molar-refractivity contribution < 1.29 is 14.3 Å². The molecular formula is C13H23N3O3. The van der Waals surface area contributed by atoms with Gasteiger partial charge >= 0.3 is 0 Å². The lowest BCUT2D eigenvalue weighted by molar-refractivity contribution is -0.146. The summed E-state index contributed by atoms with van der Waals surface area (Å²) in [6.07, 6.45) is 1.70. The third-order valence-corrected chi connectivity index (χ3v) is 3.71. The molecule has 0 aromatic rings. The second-order valence-corrected chi connectivity index (χ2v) is 4.96. The Morgan fingerprint density at radius 1 is 1.26 bits per heavy atom. The van der Waals surface area contributed by atoms with Gasteiger partial charge in [0.2, 0.25) is 11.8 Å². The summed E-state index contributed by atoms with van der Waals surface area (Å²) in [6.45, 7) is 6.24. The van der Waals surface area contributed by atoms with Gasteiger partial charge < -0.3 is 19.9 Å². The van der Waals surface area contributed by atoms with E-state index in [-0.39, 0.29) is 17.9 Å². The molecule has 2 saturated heterocycles. The second kappa shape index (κ2) is 6.86. The van der Waals surface area contributed by atoms with E-state index in [9.17, 15) is 9.59 Å². The Morgan fingerprint density at radius 2 is 2.00 bits per heavy atom. The van der Waals surface area contributed by atoms with E-state index in [1.54, 1.807) is 4.90 Å². The number of morpholine rings is 1. The maximum atomic E-state index is 12.4. The minimum Gasteiger partial charge on any atom is -0.378 e. The monoisotopic (exact) mass is 269 g/mol. The highest BCUT2D eigenvalue weighted by atomic mass is 16.5. The van der Waals surface area contributed by atoms with Crippen molar-refractivity contribution >= 4 is 11.8 Å². The molecule has 19 heavy (non-hydrogen) atoms. The van der Waals surface area contributed by atoms with E-state index in [0.29, 0.717) is 39.4 Å². The smallest absolute Gasteiger partial charge is 0.245 e. The number of amides is 2. The first-order chi connectivity index (χ1) is 9.24. The maximum absolute atomic E-state index is 12.4. The van der Waals surface area contributed by atoms with Gasteiger partial charge in [0.05, 0.1) is 19.8 Å². The summed E-state index contributed by atoms with van der Waals surface area (Å²) >= 11 is 0. The van der Waals surface area contributed by atoms with Crippen LogP contribution in [0, 0.1) is 0 Å². The number of carbonyl (C=O) groups is 2. The molecule has 1 atom stereocenters. The highest BCUT2D eigenvalue weighted by molar-refractivity contribution is 5.89. The van der Waals surface area contributed by atoms with Gasteiger partial charge in [0.15, 0.2) is 0 Å². The first-order valence-corrected chi connectivity index (χ1v) is 7.10. The lowest BCUT2D eigenvalue weighted by Crippen LogP contribution is -2.52. The van der Waals surface area contributed by atoms with E-state index in [4.69, 9.17) is 4.74 Å². The topological polar surface area (TPSA) is 61.9 Å². The molecular weight excluding hydrogens is 246 g/mol. The molecule has 0 saturated carbocycles. The number of nitrogens with zero attached hydrogens (tertiary/aromatic N) is 2. The quantitative estimate of drug-likeness (QED) is 0.743. The SMILES string of the molecule is CCNCC(=O)N1CCCC1C(=O)N1CCOCC1. The van der Waals surface area contributed by atoms with Crippen LogP contribution in [-0.2, 0) is 14.3 Å². The number of likely N-dealkylation sites (N-methyl/N-ethyl adjacent to an activating group) is 1. The fraction of sp³-hybridized carbons (Fsp3) is 0.846. The average Bonchev–Trinajstić information content (AvgIpc) is 2.94. The predicted octanol–water partition coefficient (Wildman–Crippen LogP) is -0.554. The Labute approximate surface area is 114 Å². The summed E-state index contributed by atoms with van der Waals surface area (Å²) in [5.74, 6) is 0.122. The van der Waals surface area contributed by atoms with Crippen LogP contribution in [0.3, 0.4) is 0 Å². The fourth-order valence-electron chi connectivity index (χ4n) is 2.65. The van der Waals surface area contributed by atoms with Crippen LogP contribution in [0.15, 0.2) is 0 Å². The summed E-state index contributed by atoms with van der Waals surface area (Å²) in [5, 5.41) is 3.03. The molecule has 2 aliphatic rings. The minimum atomic E-state index is -0.260. The van der Waals surface area contributed by atoms with Crippen molar-refractivity contribution in [2.75, 3.05) is 45.9 Å². The predicted molar refractivity (Wildman–Crippen MR) is 70.7 cm³/mol. The Hall–Kier alpha value is -1.14. The van der Waals surface area contributed by atoms with E-state index in [0.717, 1.165) is 19.4 Å². The minimum absolute atomic E-state index is 0.0333. The molecule has 0 aromatic carbocycles. The first-order valence-electron chi connectivity index (χ1n) is 7.10. The van der Waals surface area contributed by atoms with Crippen LogP contribution < -0.4 is 5.32 Å². The highest BCUT2D eigenvalue weighted by Gasteiger charge is 2.36. The van der Waals surface area contributed by atoms with Crippen molar-refractivity contribution in [3.05, 3.63) is 0 Å². The number of hydrogen-bond donors (Lipinski definition) is 1. The van der Waals surface area contributed by atoms with Gasteiger partial charge in [-0.05, 0) is 19.4 Å². The third kappa shape index (κ3) is 3.45. The van der Waals surface area contributed by atoms with E-state index in [1.165, 1.54) is 0 Å². The van der Waals surface area contributed by atoms with Gasteiger partial charge in [-0.2, -0.15) is 0 Å². The van der Waals surface area contributed by atoms with E-state index in [1.807, 2.05) is 11.8 Å². The molecule has 1 unspecified atom stereocenters. The Morgan fingerprint density at radius 3 is 2.68 bits per heavy atom. The highest BCUT2D eigenvalue weighted by Crippen LogP contribution is 2.20. The zero-order chi connectivity index (χ0) is 13.7. The number of carbonyl (C=O) groups excluding carboxylic acids is 2. The first kappa shape index (κ1) is 14.3. The normalized spacial score (nSPS) is 23.7. The zero-order valence-corrected chi connectivity index (χ0v) is 11.6. The lowest BCUT2D eigenvalue weighted by atomic mass is 10.2.